The molecule has 0 amide bonds. The van der Waals surface area contributed by atoms with Gasteiger partial charge in [-0.1, -0.05) is 25.2 Å². The fourth-order valence-corrected chi connectivity index (χ4v) is 1.89. The minimum atomic E-state index is -0.529. The summed E-state index contributed by atoms with van der Waals surface area (Å²) < 4.78 is 5.32. The number of nitrogens with zero attached hydrogens (tertiary/aromatic N) is 1. The van der Waals surface area contributed by atoms with Crippen LogP contribution in [0.25, 0.3) is 0 Å². The molecule has 1 aromatic rings. The number of hydrogen-bond donors (Lipinski definition) is 0. The molecule has 0 aliphatic rings. The maximum atomic E-state index is 11.1. The van der Waals surface area contributed by atoms with Crippen LogP contribution in [0.2, 0.25) is 0 Å². The molecule has 0 saturated heterocycles. The van der Waals surface area contributed by atoms with E-state index in [0.29, 0.717) is 11.5 Å². The summed E-state index contributed by atoms with van der Waals surface area (Å²) in [5.41, 5.74) is -0.129. The summed E-state index contributed by atoms with van der Waals surface area (Å²) in [6.07, 6.45) is 0. The second-order valence-corrected chi connectivity index (χ2v) is 4.82. The van der Waals surface area contributed by atoms with E-state index in [1.165, 1.54) is 13.0 Å². The molecule has 0 spiro atoms. The Kier molecular flexibility index (Phi) is 4.00. The number of ether oxygens (including phenoxy) is 1. The lowest BCUT2D eigenvalue weighted by Gasteiger charge is -2.05. The van der Waals surface area contributed by atoms with E-state index in [4.69, 9.17) is 4.74 Å². The molecular formula is C10H13NO4S. The first-order valence-corrected chi connectivity index (χ1v) is 5.65. The second-order valence-electron chi connectivity index (χ2n) is 3.80. The molecule has 0 atom stereocenters. The van der Waals surface area contributed by atoms with E-state index in [9.17, 15) is 14.9 Å². The summed E-state index contributed by atoms with van der Waals surface area (Å²) in [4.78, 5) is 21.7. The van der Waals surface area contributed by atoms with Crippen molar-refractivity contribution in [2.24, 2.45) is 5.92 Å². The molecule has 0 bridgehead atoms. The Bertz CT molecular complexity index is 411. The highest BCUT2D eigenvalue weighted by atomic mass is 32.1. The van der Waals surface area contributed by atoms with Gasteiger partial charge in [-0.25, -0.2) is 0 Å². The Balaban J connectivity index is 2.96. The Morgan fingerprint density at radius 3 is 2.69 bits per heavy atom. The van der Waals surface area contributed by atoms with Gasteiger partial charge in [-0.2, -0.15) is 0 Å². The standard InChI is InChI=1S/C10H13NO4S/c1-6(2)5-15-10-8(11(13)14)4-9(16-10)7(3)12/h4,6H,5H2,1-3H3. The highest BCUT2D eigenvalue weighted by Crippen LogP contribution is 2.37. The van der Waals surface area contributed by atoms with E-state index in [1.54, 1.807) is 0 Å². The molecule has 0 unspecified atom stereocenters. The van der Waals surface area contributed by atoms with Crippen molar-refractivity contribution in [1.82, 2.24) is 0 Å². The largest absolute Gasteiger partial charge is 0.479 e. The minimum Gasteiger partial charge on any atom is -0.479 e. The van der Waals surface area contributed by atoms with Crippen LogP contribution in [0, 0.1) is 16.0 Å². The van der Waals surface area contributed by atoms with Gasteiger partial charge in [0, 0.05) is 6.07 Å². The number of rotatable bonds is 5. The SMILES string of the molecule is CC(=O)c1cc([N+](=O)[O-])c(OCC(C)C)s1. The first kappa shape index (κ1) is 12.6. The van der Waals surface area contributed by atoms with Crippen LogP contribution in [0.1, 0.15) is 30.4 Å². The third-order valence-corrected chi connectivity index (χ3v) is 2.91. The molecule has 0 aliphatic heterocycles. The fourth-order valence-electron chi connectivity index (χ4n) is 1.01. The fraction of sp³-hybridized carbons (Fsp3) is 0.500. The molecule has 6 heteroatoms. The molecule has 0 aromatic carbocycles. The summed E-state index contributed by atoms with van der Waals surface area (Å²) in [5.74, 6) is 0.0926. The Hall–Kier alpha value is -1.43. The summed E-state index contributed by atoms with van der Waals surface area (Å²) in [6, 6.07) is 1.27. The smallest absolute Gasteiger partial charge is 0.323 e. The van der Waals surface area contributed by atoms with E-state index >= 15 is 0 Å². The number of hydrogen-bond acceptors (Lipinski definition) is 5. The molecule has 1 heterocycles. The molecule has 1 aromatic heterocycles. The van der Waals surface area contributed by atoms with Gasteiger partial charge in [-0.05, 0) is 12.8 Å². The normalized spacial score (nSPS) is 10.5. The van der Waals surface area contributed by atoms with E-state index in [1.807, 2.05) is 13.8 Å². The van der Waals surface area contributed by atoms with Gasteiger partial charge >= 0.3 is 5.69 Å². The number of ketones is 1. The number of carbonyl (C=O) groups excluding carboxylic acids is 1. The molecule has 88 valence electrons. The lowest BCUT2D eigenvalue weighted by atomic mass is 10.2. The average molecular weight is 243 g/mol. The van der Waals surface area contributed by atoms with Gasteiger partial charge in [-0.3, -0.25) is 14.9 Å². The molecule has 0 radical (unpaired) electrons. The molecule has 0 aliphatic carbocycles. The van der Waals surface area contributed by atoms with E-state index in [0.717, 1.165) is 11.3 Å². The highest BCUT2D eigenvalue weighted by molar-refractivity contribution is 7.16. The van der Waals surface area contributed by atoms with Gasteiger partial charge in [0.05, 0.1) is 16.4 Å². The van der Waals surface area contributed by atoms with Crippen molar-refractivity contribution < 1.29 is 14.5 Å². The molecule has 0 fully saturated rings. The summed E-state index contributed by atoms with van der Waals surface area (Å²) >= 11 is 1.02. The van der Waals surface area contributed by atoms with E-state index in [2.05, 4.69) is 0 Å². The van der Waals surface area contributed by atoms with Gasteiger partial charge in [0.2, 0.25) is 0 Å². The molecule has 5 nitrogen and oxygen atoms in total. The van der Waals surface area contributed by atoms with Crippen LogP contribution >= 0.6 is 11.3 Å². The van der Waals surface area contributed by atoms with Crippen molar-refractivity contribution >= 4 is 22.8 Å². The second kappa shape index (κ2) is 5.07. The third-order valence-electron chi connectivity index (χ3n) is 1.77. The molecular weight excluding hydrogens is 230 g/mol. The Morgan fingerprint density at radius 1 is 1.62 bits per heavy atom. The van der Waals surface area contributed by atoms with Crippen LogP contribution < -0.4 is 4.74 Å². The van der Waals surface area contributed by atoms with Crippen LogP contribution in [0.15, 0.2) is 6.07 Å². The molecule has 0 saturated carbocycles. The first-order chi connectivity index (χ1) is 7.41. The lowest BCUT2D eigenvalue weighted by Crippen LogP contribution is -2.04. The number of carbonyl (C=O) groups is 1. The molecule has 1 rings (SSSR count). The summed E-state index contributed by atoms with van der Waals surface area (Å²) in [7, 11) is 0. The van der Waals surface area contributed by atoms with Crippen molar-refractivity contribution in [1.29, 1.82) is 0 Å². The van der Waals surface area contributed by atoms with Crippen LogP contribution in [0.4, 0.5) is 5.69 Å². The highest BCUT2D eigenvalue weighted by Gasteiger charge is 2.22. The van der Waals surface area contributed by atoms with Gasteiger partial charge in [0.25, 0.3) is 5.06 Å². The predicted octanol–water partition coefficient (Wildman–Crippen LogP) is 2.89. The zero-order chi connectivity index (χ0) is 12.3. The Labute approximate surface area is 97.2 Å². The van der Waals surface area contributed by atoms with Crippen molar-refractivity contribution in [3.05, 3.63) is 21.1 Å². The maximum absolute atomic E-state index is 11.1. The van der Waals surface area contributed by atoms with Gasteiger partial charge < -0.3 is 4.74 Å². The summed E-state index contributed by atoms with van der Waals surface area (Å²) in [6.45, 7) is 5.68. The molecule has 16 heavy (non-hydrogen) atoms. The lowest BCUT2D eigenvalue weighted by molar-refractivity contribution is -0.385. The Morgan fingerprint density at radius 2 is 2.25 bits per heavy atom. The van der Waals surface area contributed by atoms with E-state index in [-0.39, 0.29) is 22.5 Å². The van der Waals surface area contributed by atoms with Crippen LogP contribution in [-0.4, -0.2) is 17.3 Å². The first-order valence-electron chi connectivity index (χ1n) is 4.83. The number of nitro groups is 1. The van der Waals surface area contributed by atoms with Crippen LogP contribution in [0.5, 0.6) is 5.06 Å². The van der Waals surface area contributed by atoms with E-state index < -0.39 is 4.92 Å². The topological polar surface area (TPSA) is 69.4 Å². The average Bonchev–Trinajstić information content (AvgIpc) is 2.58. The van der Waals surface area contributed by atoms with Gasteiger partial charge in [0.15, 0.2) is 5.78 Å². The zero-order valence-electron chi connectivity index (χ0n) is 9.35. The zero-order valence-corrected chi connectivity index (χ0v) is 10.2. The third kappa shape index (κ3) is 3.03. The van der Waals surface area contributed by atoms with Crippen LogP contribution in [-0.2, 0) is 0 Å². The van der Waals surface area contributed by atoms with Crippen molar-refractivity contribution in [3.63, 3.8) is 0 Å². The van der Waals surface area contributed by atoms with Crippen molar-refractivity contribution in [3.8, 4) is 5.06 Å². The van der Waals surface area contributed by atoms with Crippen molar-refractivity contribution in [2.45, 2.75) is 20.8 Å². The molecule has 0 N–H and O–H groups in total. The van der Waals surface area contributed by atoms with Gasteiger partial charge in [0.1, 0.15) is 0 Å². The predicted molar refractivity (Wildman–Crippen MR) is 61.3 cm³/mol. The van der Waals surface area contributed by atoms with Gasteiger partial charge in [-0.15, -0.1) is 0 Å². The monoisotopic (exact) mass is 243 g/mol. The summed E-state index contributed by atoms with van der Waals surface area (Å²) in [5, 5.41) is 10.9. The van der Waals surface area contributed by atoms with Crippen LogP contribution in [0.3, 0.4) is 0 Å². The number of thiophene rings is 1. The maximum Gasteiger partial charge on any atom is 0.323 e. The number of Topliss-reactive ketones (excluding diaryl/α,β-unsaturated/α-hetero) is 1. The quantitative estimate of drug-likeness (QED) is 0.453. The minimum absolute atomic E-state index is 0.129. The van der Waals surface area contributed by atoms with Crippen molar-refractivity contribution in [2.75, 3.05) is 6.61 Å².